The van der Waals surface area contributed by atoms with Crippen molar-refractivity contribution in [3.8, 4) is 0 Å². The molecule has 24 heavy (non-hydrogen) atoms. The van der Waals surface area contributed by atoms with Gasteiger partial charge in [0.15, 0.2) is 0 Å². The summed E-state index contributed by atoms with van der Waals surface area (Å²) in [6, 6.07) is 1.44. The summed E-state index contributed by atoms with van der Waals surface area (Å²) in [4.78, 5) is 33.3. The van der Waals surface area contributed by atoms with Crippen LogP contribution in [-0.2, 0) is 9.53 Å². The molecular formula is C15H16N6O3. The van der Waals surface area contributed by atoms with Gasteiger partial charge in [-0.2, -0.15) is 0 Å². The van der Waals surface area contributed by atoms with E-state index >= 15 is 0 Å². The molecule has 0 fully saturated rings. The fourth-order valence-corrected chi connectivity index (χ4v) is 1.83. The van der Waals surface area contributed by atoms with E-state index in [0.717, 1.165) is 0 Å². The van der Waals surface area contributed by atoms with Crippen molar-refractivity contribution in [1.82, 2.24) is 15.0 Å². The highest BCUT2D eigenvalue weighted by Crippen LogP contribution is 2.13. The fraction of sp³-hybridized carbons (Fsp3) is 0.133. The summed E-state index contributed by atoms with van der Waals surface area (Å²) in [5.41, 5.74) is 6.22. The average molecular weight is 328 g/mol. The lowest BCUT2D eigenvalue weighted by atomic mass is 10.1. The standard InChI is InChI=1S/C15H16N6O3/c1-8(22)20-13-7-18-12(21-13)4-3-11(16)9-5-10(15(23)24-2)14(17)19-6-9/h3-7,16H,1-2H3,(H2,17,19)(H,18,21)(H,20,22)/b4-3-,16-11?. The minimum absolute atomic E-state index is 0.0355. The molecule has 0 atom stereocenters. The predicted molar refractivity (Wildman–Crippen MR) is 88.7 cm³/mol. The molecular weight excluding hydrogens is 312 g/mol. The summed E-state index contributed by atoms with van der Waals surface area (Å²) in [5.74, 6) is 0.110. The monoisotopic (exact) mass is 328 g/mol. The van der Waals surface area contributed by atoms with Crippen LogP contribution < -0.4 is 11.1 Å². The smallest absolute Gasteiger partial charge is 0.341 e. The second-order valence-electron chi connectivity index (χ2n) is 4.76. The lowest BCUT2D eigenvalue weighted by Gasteiger charge is -2.05. The van der Waals surface area contributed by atoms with Gasteiger partial charge in [0.05, 0.1) is 19.0 Å². The summed E-state index contributed by atoms with van der Waals surface area (Å²) in [6.45, 7) is 1.39. The summed E-state index contributed by atoms with van der Waals surface area (Å²) in [5, 5.41) is 10.6. The van der Waals surface area contributed by atoms with Crippen LogP contribution in [0.15, 0.2) is 24.5 Å². The largest absolute Gasteiger partial charge is 0.465 e. The second kappa shape index (κ2) is 7.18. The molecule has 5 N–H and O–H groups in total. The zero-order valence-electron chi connectivity index (χ0n) is 13.1. The zero-order valence-corrected chi connectivity index (χ0v) is 13.1. The number of hydrogen-bond acceptors (Lipinski definition) is 7. The van der Waals surface area contributed by atoms with E-state index in [9.17, 15) is 9.59 Å². The van der Waals surface area contributed by atoms with Crippen LogP contribution >= 0.6 is 0 Å². The highest BCUT2D eigenvalue weighted by molar-refractivity contribution is 6.09. The molecule has 0 bridgehead atoms. The van der Waals surface area contributed by atoms with E-state index in [0.29, 0.717) is 17.2 Å². The highest BCUT2D eigenvalue weighted by atomic mass is 16.5. The van der Waals surface area contributed by atoms with Gasteiger partial charge in [-0.05, 0) is 18.2 Å². The first-order chi connectivity index (χ1) is 11.4. The van der Waals surface area contributed by atoms with E-state index in [1.54, 1.807) is 6.08 Å². The summed E-state index contributed by atoms with van der Waals surface area (Å²) < 4.78 is 4.62. The molecule has 0 aliphatic carbocycles. The maximum Gasteiger partial charge on any atom is 0.341 e. The van der Waals surface area contributed by atoms with Crippen molar-refractivity contribution in [2.75, 3.05) is 18.2 Å². The van der Waals surface area contributed by atoms with Gasteiger partial charge in [0.2, 0.25) is 5.91 Å². The van der Waals surface area contributed by atoms with Crippen LogP contribution in [0, 0.1) is 5.41 Å². The molecule has 9 heteroatoms. The fourth-order valence-electron chi connectivity index (χ4n) is 1.83. The Morgan fingerprint density at radius 2 is 2.12 bits per heavy atom. The van der Waals surface area contributed by atoms with Crippen molar-refractivity contribution < 1.29 is 14.3 Å². The molecule has 2 heterocycles. The van der Waals surface area contributed by atoms with E-state index < -0.39 is 5.97 Å². The number of pyridine rings is 1. The number of esters is 1. The molecule has 9 nitrogen and oxygen atoms in total. The van der Waals surface area contributed by atoms with E-state index in [2.05, 4.69) is 25.0 Å². The molecule has 2 rings (SSSR count). The van der Waals surface area contributed by atoms with Crippen molar-refractivity contribution in [3.05, 3.63) is 41.5 Å². The Hall–Kier alpha value is -3.49. The van der Waals surface area contributed by atoms with Gasteiger partial charge < -0.3 is 26.2 Å². The molecule has 0 radical (unpaired) electrons. The number of amides is 1. The van der Waals surface area contributed by atoms with Gasteiger partial charge in [-0.25, -0.2) is 14.8 Å². The molecule has 124 valence electrons. The Kier molecular flexibility index (Phi) is 5.05. The van der Waals surface area contributed by atoms with Crippen LogP contribution in [0.3, 0.4) is 0 Å². The highest BCUT2D eigenvalue weighted by Gasteiger charge is 2.13. The third-order valence-corrected chi connectivity index (χ3v) is 2.95. The molecule has 2 aromatic heterocycles. The van der Waals surface area contributed by atoms with Gasteiger partial charge in [-0.15, -0.1) is 0 Å². The van der Waals surface area contributed by atoms with Crippen LogP contribution in [0.25, 0.3) is 6.08 Å². The maximum atomic E-state index is 11.6. The normalized spacial score (nSPS) is 10.6. The number of H-pyrrole nitrogens is 1. The Bertz CT molecular complexity index is 824. The number of ether oxygens (including phenoxy) is 1. The molecule has 1 amide bonds. The minimum atomic E-state index is -0.621. The number of hydrogen-bond donors (Lipinski definition) is 4. The Morgan fingerprint density at radius 3 is 2.79 bits per heavy atom. The van der Waals surface area contributed by atoms with E-state index in [-0.39, 0.29) is 23.0 Å². The van der Waals surface area contributed by atoms with Gasteiger partial charge in [0, 0.05) is 18.7 Å². The van der Waals surface area contributed by atoms with Crippen LogP contribution in [-0.4, -0.2) is 39.6 Å². The SMILES string of the molecule is COC(=O)c1cc(C(=N)/C=C\c2ncc(NC(C)=O)[nH]2)cnc1N. The molecule has 0 aliphatic heterocycles. The molecule has 0 aliphatic rings. The van der Waals surface area contributed by atoms with Crippen LogP contribution in [0.5, 0.6) is 0 Å². The number of rotatable bonds is 5. The average Bonchev–Trinajstić information content (AvgIpc) is 2.99. The number of aromatic amines is 1. The third kappa shape index (κ3) is 4.03. The van der Waals surface area contributed by atoms with Gasteiger partial charge in [-0.1, -0.05) is 0 Å². The Balaban J connectivity index is 2.16. The first-order valence-corrected chi connectivity index (χ1v) is 6.84. The lowest BCUT2D eigenvalue weighted by Crippen LogP contribution is -2.09. The topological polar surface area (TPSA) is 147 Å². The predicted octanol–water partition coefficient (Wildman–Crippen LogP) is 1.21. The number of anilines is 2. The van der Waals surface area contributed by atoms with Crippen LogP contribution in [0.2, 0.25) is 0 Å². The number of allylic oxidation sites excluding steroid dienone is 1. The zero-order chi connectivity index (χ0) is 17.7. The van der Waals surface area contributed by atoms with Crippen molar-refractivity contribution in [3.63, 3.8) is 0 Å². The lowest BCUT2D eigenvalue weighted by molar-refractivity contribution is -0.114. The van der Waals surface area contributed by atoms with Gasteiger partial charge >= 0.3 is 5.97 Å². The van der Waals surface area contributed by atoms with E-state index in [4.69, 9.17) is 11.1 Å². The number of nitrogens with one attached hydrogen (secondary N) is 3. The number of carbonyl (C=O) groups is 2. The van der Waals surface area contributed by atoms with Crippen molar-refractivity contribution in [1.29, 1.82) is 5.41 Å². The first-order valence-electron chi connectivity index (χ1n) is 6.84. The van der Waals surface area contributed by atoms with Gasteiger partial charge in [0.25, 0.3) is 0 Å². The van der Waals surface area contributed by atoms with Crippen molar-refractivity contribution in [2.45, 2.75) is 6.92 Å². The number of nitrogens with two attached hydrogens (primary N) is 1. The Morgan fingerprint density at radius 1 is 1.38 bits per heavy atom. The molecule has 0 aromatic carbocycles. The summed E-state index contributed by atoms with van der Waals surface area (Å²) in [6.07, 6.45) is 5.89. The van der Waals surface area contributed by atoms with Crippen molar-refractivity contribution in [2.24, 2.45) is 0 Å². The summed E-state index contributed by atoms with van der Waals surface area (Å²) >= 11 is 0. The summed E-state index contributed by atoms with van der Waals surface area (Å²) in [7, 11) is 1.24. The molecule has 0 saturated heterocycles. The number of aromatic nitrogens is 3. The molecule has 0 saturated carbocycles. The maximum absolute atomic E-state index is 11.6. The van der Waals surface area contributed by atoms with E-state index in [1.165, 1.54) is 38.6 Å². The third-order valence-electron chi connectivity index (χ3n) is 2.95. The number of methoxy groups -OCH3 is 1. The first kappa shape index (κ1) is 16.9. The van der Waals surface area contributed by atoms with E-state index in [1.807, 2.05) is 0 Å². The molecule has 0 unspecified atom stereocenters. The quantitative estimate of drug-likeness (QED) is 0.479. The number of nitrogen functional groups attached to an aromatic ring is 1. The number of nitrogens with zero attached hydrogens (tertiary/aromatic N) is 2. The van der Waals surface area contributed by atoms with Gasteiger partial charge in [-0.3, -0.25) is 4.79 Å². The molecule has 0 spiro atoms. The Labute approximate surface area is 137 Å². The number of carbonyl (C=O) groups excluding carboxylic acids is 2. The van der Waals surface area contributed by atoms with Crippen LogP contribution in [0.1, 0.15) is 28.7 Å². The van der Waals surface area contributed by atoms with Crippen LogP contribution in [0.4, 0.5) is 11.6 Å². The molecule has 2 aromatic rings. The van der Waals surface area contributed by atoms with Gasteiger partial charge in [0.1, 0.15) is 23.0 Å². The van der Waals surface area contributed by atoms with Crippen molar-refractivity contribution >= 4 is 35.3 Å². The number of imidazole rings is 1. The second-order valence-corrected chi connectivity index (χ2v) is 4.76. The minimum Gasteiger partial charge on any atom is -0.465 e.